The Kier molecular flexibility index (Phi) is 7.45. The van der Waals surface area contributed by atoms with Crippen molar-refractivity contribution in [2.75, 3.05) is 0 Å². The zero-order valence-corrected chi connectivity index (χ0v) is 8.16. The predicted molar refractivity (Wildman–Crippen MR) is 48.3 cm³/mol. The molecule has 0 aromatic heterocycles. The average Bonchev–Trinajstić information content (AvgIpc) is 2.04. The second-order valence-corrected chi connectivity index (χ2v) is 3.23. The molecule has 0 bridgehead atoms. The monoisotopic (exact) mass is 175 g/mol. The number of rotatable bonds is 7. The van der Waals surface area contributed by atoms with E-state index in [-0.39, 0.29) is 6.04 Å². The van der Waals surface area contributed by atoms with Gasteiger partial charge in [0.15, 0.2) is 0 Å². The molecular formula is C9H21NO2. The molecule has 74 valence electrons. The molecule has 2 N–H and O–H groups in total. The van der Waals surface area contributed by atoms with Crippen LogP contribution in [-0.2, 0) is 0 Å². The van der Waals surface area contributed by atoms with Gasteiger partial charge in [0.25, 0.3) is 0 Å². The smallest absolute Gasteiger partial charge is 0.0621 e. The van der Waals surface area contributed by atoms with Crippen LogP contribution in [0.1, 0.15) is 52.4 Å². The summed E-state index contributed by atoms with van der Waals surface area (Å²) < 4.78 is 0. The quantitative estimate of drug-likeness (QED) is 0.462. The SMILES string of the molecule is CCCCCCC(CC)N(O)O. The maximum atomic E-state index is 8.76. The highest BCUT2D eigenvalue weighted by Gasteiger charge is 2.10. The molecule has 0 aromatic carbocycles. The zero-order chi connectivity index (χ0) is 9.40. The van der Waals surface area contributed by atoms with E-state index in [9.17, 15) is 0 Å². The molecule has 0 saturated carbocycles. The van der Waals surface area contributed by atoms with Crippen LogP contribution in [-0.4, -0.2) is 21.7 Å². The highest BCUT2D eigenvalue weighted by atomic mass is 16.8. The Hall–Kier alpha value is -0.120. The molecule has 0 aliphatic rings. The van der Waals surface area contributed by atoms with Gasteiger partial charge in [-0.2, -0.15) is 0 Å². The number of hydrogen-bond donors (Lipinski definition) is 2. The second-order valence-electron chi connectivity index (χ2n) is 3.23. The summed E-state index contributed by atoms with van der Waals surface area (Å²) in [4.78, 5) is 0. The summed E-state index contributed by atoms with van der Waals surface area (Å²) in [6.45, 7) is 4.13. The highest BCUT2D eigenvalue weighted by molar-refractivity contribution is 4.58. The summed E-state index contributed by atoms with van der Waals surface area (Å²) in [6.07, 6.45) is 6.42. The molecule has 3 heteroatoms. The fourth-order valence-corrected chi connectivity index (χ4v) is 1.29. The molecular weight excluding hydrogens is 154 g/mol. The summed E-state index contributed by atoms with van der Waals surface area (Å²) in [7, 11) is 0. The molecule has 3 nitrogen and oxygen atoms in total. The van der Waals surface area contributed by atoms with Crippen molar-refractivity contribution in [3.8, 4) is 0 Å². The lowest BCUT2D eigenvalue weighted by Crippen LogP contribution is -2.28. The van der Waals surface area contributed by atoms with E-state index in [4.69, 9.17) is 10.4 Å². The first kappa shape index (κ1) is 11.9. The van der Waals surface area contributed by atoms with Crippen molar-refractivity contribution < 1.29 is 10.4 Å². The van der Waals surface area contributed by atoms with E-state index in [1.165, 1.54) is 19.3 Å². The van der Waals surface area contributed by atoms with Crippen LogP contribution in [0.25, 0.3) is 0 Å². The Labute approximate surface area is 74.9 Å². The van der Waals surface area contributed by atoms with E-state index >= 15 is 0 Å². The third-order valence-corrected chi connectivity index (χ3v) is 2.19. The van der Waals surface area contributed by atoms with E-state index in [2.05, 4.69) is 6.92 Å². The minimum Gasteiger partial charge on any atom is -0.289 e. The lowest BCUT2D eigenvalue weighted by atomic mass is 10.1. The van der Waals surface area contributed by atoms with Crippen molar-refractivity contribution in [3.63, 3.8) is 0 Å². The number of unbranched alkanes of at least 4 members (excludes halogenated alkanes) is 3. The van der Waals surface area contributed by atoms with E-state index in [1.54, 1.807) is 0 Å². The number of hydrogen-bond acceptors (Lipinski definition) is 3. The normalized spacial score (nSPS) is 13.8. The van der Waals surface area contributed by atoms with Gasteiger partial charge >= 0.3 is 0 Å². The van der Waals surface area contributed by atoms with Crippen LogP contribution < -0.4 is 0 Å². The minimum atomic E-state index is -0.0816. The van der Waals surface area contributed by atoms with Gasteiger partial charge < -0.3 is 0 Å². The van der Waals surface area contributed by atoms with E-state index < -0.39 is 0 Å². The Balaban J connectivity index is 3.32. The molecule has 0 radical (unpaired) electrons. The lowest BCUT2D eigenvalue weighted by Gasteiger charge is -2.18. The van der Waals surface area contributed by atoms with Gasteiger partial charge in [-0.3, -0.25) is 10.4 Å². The first-order valence-electron chi connectivity index (χ1n) is 4.89. The molecule has 12 heavy (non-hydrogen) atoms. The van der Waals surface area contributed by atoms with E-state index in [0.717, 1.165) is 19.3 Å². The van der Waals surface area contributed by atoms with Crippen molar-refractivity contribution in [3.05, 3.63) is 0 Å². The fourth-order valence-electron chi connectivity index (χ4n) is 1.29. The first-order valence-corrected chi connectivity index (χ1v) is 4.89. The van der Waals surface area contributed by atoms with Crippen molar-refractivity contribution in [2.24, 2.45) is 0 Å². The topological polar surface area (TPSA) is 43.7 Å². The maximum Gasteiger partial charge on any atom is 0.0621 e. The van der Waals surface area contributed by atoms with Gasteiger partial charge in [0.2, 0.25) is 0 Å². The predicted octanol–water partition coefficient (Wildman–Crippen LogP) is 2.82. The molecule has 0 heterocycles. The average molecular weight is 175 g/mol. The Morgan fingerprint density at radius 2 is 1.75 bits per heavy atom. The maximum absolute atomic E-state index is 8.76. The van der Waals surface area contributed by atoms with Gasteiger partial charge in [-0.15, -0.1) is 0 Å². The molecule has 0 fully saturated rings. The van der Waals surface area contributed by atoms with E-state index in [0.29, 0.717) is 5.23 Å². The highest BCUT2D eigenvalue weighted by Crippen LogP contribution is 2.10. The largest absolute Gasteiger partial charge is 0.289 e. The van der Waals surface area contributed by atoms with Gasteiger partial charge in [0.05, 0.1) is 6.04 Å². The molecule has 0 rings (SSSR count). The van der Waals surface area contributed by atoms with Gasteiger partial charge in [-0.25, -0.2) is 0 Å². The molecule has 1 unspecified atom stereocenters. The van der Waals surface area contributed by atoms with Crippen LogP contribution in [0.3, 0.4) is 0 Å². The van der Waals surface area contributed by atoms with Crippen LogP contribution in [0.5, 0.6) is 0 Å². The van der Waals surface area contributed by atoms with Crippen molar-refractivity contribution in [2.45, 2.75) is 58.4 Å². The standard InChI is InChI=1S/C9H21NO2/c1-3-5-6-7-8-9(4-2)10(11)12/h9,11-12H,3-8H2,1-2H3. The van der Waals surface area contributed by atoms with Gasteiger partial charge in [0, 0.05) is 0 Å². The summed E-state index contributed by atoms with van der Waals surface area (Å²) in [5, 5.41) is 17.9. The van der Waals surface area contributed by atoms with Crippen LogP contribution >= 0.6 is 0 Å². The fraction of sp³-hybridized carbons (Fsp3) is 1.00. The second kappa shape index (κ2) is 7.53. The van der Waals surface area contributed by atoms with Gasteiger partial charge in [0.1, 0.15) is 0 Å². The molecule has 0 aliphatic carbocycles. The Bertz CT molecular complexity index is 96.5. The lowest BCUT2D eigenvalue weighted by molar-refractivity contribution is -0.333. The molecule has 0 amide bonds. The number of nitrogens with zero attached hydrogens (tertiary/aromatic N) is 1. The molecule has 0 aliphatic heterocycles. The Morgan fingerprint density at radius 1 is 1.08 bits per heavy atom. The first-order chi connectivity index (χ1) is 5.72. The summed E-state index contributed by atoms with van der Waals surface area (Å²) in [5.41, 5.74) is 0. The van der Waals surface area contributed by atoms with Crippen molar-refractivity contribution in [1.82, 2.24) is 5.23 Å². The third kappa shape index (κ3) is 5.52. The summed E-state index contributed by atoms with van der Waals surface area (Å²) in [5.74, 6) is 0. The Morgan fingerprint density at radius 3 is 2.17 bits per heavy atom. The van der Waals surface area contributed by atoms with Crippen molar-refractivity contribution >= 4 is 0 Å². The van der Waals surface area contributed by atoms with Gasteiger partial charge in [-0.1, -0.05) is 44.8 Å². The van der Waals surface area contributed by atoms with Crippen LogP contribution in [0.4, 0.5) is 0 Å². The third-order valence-electron chi connectivity index (χ3n) is 2.19. The molecule has 0 spiro atoms. The zero-order valence-electron chi connectivity index (χ0n) is 8.16. The van der Waals surface area contributed by atoms with Crippen LogP contribution in [0.2, 0.25) is 0 Å². The summed E-state index contributed by atoms with van der Waals surface area (Å²) >= 11 is 0. The number of hydroxylamine groups is 2. The molecule has 1 atom stereocenters. The van der Waals surface area contributed by atoms with E-state index in [1.807, 2.05) is 6.92 Å². The summed E-state index contributed by atoms with van der Waals surface area (Å²) in [6, 6.07) is -0.0816. The van der Waals surface area contributed by atoms with Crippen LogP contribution in [0, 0.1) is 0 Å². The minimum absolute atomic E-state index is 0.0816. The molecule has 0 saturated heterocycles. The molecule has 0 aromatic rings. The van der Waals surface area contributed by atoms with Gasteiger partial charge in [-0.05, 0) is 12.8 Å². The van der Waals surface area contributed by atoms with Crippen molar-refractivity contribution in [1.29, 1.82) is 0 Å². The van der Waals surface area contributed by atoms with Crippen LogP contribution in [0.15, 0.2) is 0 Å².